The maximum atomic E-state index is 5.35. The summed E-state index contributed by atoms with van der Waals surface area (Å²) in [5, 5.41) is 4.36. The Labute approximate surface area is 117 Å². The molecule has 1 unspecified atom stereocenters. The van der Waals surface area contributed by atoms with Crippen molar-refractivity contribution in [2.75, 3.05) is 20.3 Å². The SMILES string of the molecule is COCC1CN(Cc2ccsc2)Cc2nccn2C1. The highest BCUT2D eigenvalue weighted by Gasteiger charge is 2.22. The Morgan fingerprint density at radius 1 is 1.47 bits per heavy atom. The molecule has 0 N–H and O–H groups in total. The summed E-state index contributed by atoms with van der Waals surface area (Å²) in [4.78, 5) is 6.94. The van der Waals surface area contributed by atoms with Gasteiger partial charge in [0.2, 0.25) is 0 Å². The van der Waals surface area contributed by atoms with E-state index in [0.717, 1.165) is 38.6 Å². The molecule has 4 nitrogen and oxygen atoms in total. The standard InChI is InChI=1S/C14H19N3OS/c1-18-10-13-7-16(6-12-2-5-19-11-12)9-14-15-3-4-17(14)8-13/h2-5,11,13H,6-10H2,1H3. The third-order valence-corrected chi connectivity index (χ3v) is 4.26. The second kappa shape index (κ2) is 5.86. The molecule has 102 valence electrons. The fraction of sp³-hybridized carbons (Fsp3) is 0.500. The van der Waals surface area contributed by atoms with E-state index in [4.69, 9.17) is 4.74 Å². The molecule has 0 saturated carbocycles. The van der Waals surface area contributed by atoms with Gasteiger partial charge in [0.1, 0.15) is 5.82 Å². The Morgan fingerprint density at radius 3 is 3.21 bits per heavy atom. The number of hydrogen-bond donors (Lipinski definition) is 0. The summed E-state index contributed by atoms with van der Waals surface area (Å²) in [5.74, 6) is 1.69. The maximum Gasteiger partial charge on any atom is 0.122 e. The predicted molar refractivity (Wildman–Crippen MR) is 76.0 cm³/mol. The van der Waals surface area contributed by atoms with E-state index >= 15 is 0 Å². The van der Waals surface area contributed by atoms with Gasteiger partial charge in [-0.2, -0.15) is 11.3 Å². The summed E-state index contributed by atoms with van der Waals surface area (Å²) in [6, 6.07) is 2.20. The lowest BCUT2D eigenvalue weighted by Crippen LogP contribution is -2.29. The molecule has 3 rings (SSSR count). The molecule has 0 saturated heterocycles. The number of methoxy groups -OCH3 is 1. The third kappa shape index (κ3) is 3.05. The molecule has 0 spiro atoms. The summed E-state index contributed by atoms with van der Waals surface area (Å²) in [7, 11) is 1.78. The average Bonchev–Trinajstić information content (AvgIpc) is 3.00. The van der Waals surface area contributed by atoms with Crippen LogP contribution in [0.4, 0.5) is 0 Å². The number of ether oxygens (including phenoxy) is 1. The number of rotatable bonds is 4. The van der Waals surface area contributed by atoms with Gasteiger partial charge in [-0.3, -0.25) is 4.90 Å². The van der Waals surface area contributed by atoms with Gasteiger partial charge in [-0.25, -0.2) is 4.98 Å². The molecule has 1 aliphatic heterocycles. The van der Waals surface area contributed by atoms with Gasteiger partial charge in [-0.1, -0.05) is 0 Å². The first kappa shape index (κ1) is 12.8. The van der Waals surface area contributed by atoms with Crippen molar-refractivity contribution in [3.05, 3.63) is 40.6 Å². The Kier molecular flexibility index (Phi) is 3.96. The molecule has 2 aromatic rings. The fourth-order valence-corrected chi connectivity index (χ4v) is 3.39. The molecule has 1 atom stereocenters. The molecule has 19 heavy (non-hydrogen) atoms. The van der Waals surface area contributed by atoms with Crippen LogP contribution in [-0.4, -0.2) is 34.7 Å². The smallest absolute Gasteiger partial charge is 0.122 e. The van der Waals surface area contributed by atoms with E-state index in [1.807, 2.05) is 6.20 Å². The largest absolute Gasteiger partial charge is 0.384 e. The molecule has 0 bridgehead atoms. The van der Waals surface area contributed by atoms with Gasteiger partial charge in [0, 0.05) is 45.1 Å². The van der Waals surface area contributed by atoms with Crippen LogP contribution < -0.4 is 0 Å². The van der Waals surface area contributed by atoms with E-state index < -0.39 is 0 Å². The fourth-order valence-electron chi connectivity index (χ4n) is 2.73. The van der Waals surface area contributed by atoms with Gasteiger partial charge >= 0.3 is 0 Å². The average molecular weight is 277 g/mol. The number of nitrogens with zero attached hydrogens (tertiary/aromatic N) is 3. The van der Waals surface area contributed by atoms with Crippen LogP contribution in [0.3, 0.4) is 0 Å². The quantitative estimate of drug-likeness (QED) is 0.858. The van der Waals surface area contributed by atoms with Crippen LogP contribution in [0.5, 0.6) is 0 Å². The van der Waals surface area contributed by atoms with Crippen molar-refractivity contribution in [3.8, 4) is 0 Å². The lowest BCUT2D eigenvalue weighted by Gasteiger charge is -2.22. The Hall–Kier alpha value is -1.17. The Bertz CT molecular complexity index is 509. The van der Waals surface area contributed by atoms with Crippen molar-refractivity contribution in [2.45, 2.75) is 19.6 Å². The zero-order chi connectivity index (χ0) is 13.1. The number of fused-ring (bicyclic) bond motifs is 1. The zero-order valence-electron chi connectivity index (χ0n) is 11.2. The molecule has 0 aliphatic carbocycles. The topological polar surface area (TPSA) is 30.3 Å². The Morgan fingerprint density at radius 2 is 2.42 bits per heavy atom. The van der Waals surface area contributed by atoms with Crippen LogP contribution in [-0.2, 0) is 24.4 Å². The molecular formula is C14H19N3OS. The number of imidazole rings is 1. The summed E-state index contributed by atoms with van der Waals surface area (Å²) in [6.07, 6.45) is 3.97. The lowest BCUT2D eigenvalue weighted by atomic mass is 10.1. The van der Waals surface area contributed by atoms with Gasteiger partial charge in [0.25, 0.3) is 0 Å². The predicted octanol–water partition coefficient (Wildman–Crippen LogP) is 2.22. The van der Waals surface area contributed by atoms with Crippen molar-refractivity contribution >= 4 is 11.3 Å². The molecule has 5 heteroatoms. The van der Waals surface area contributed by atoms with Gasteiger partial charge in [0.15, 0.2) is 0 Å². The second-order valence-corrected chi connectivity index (χ2v) is 5.90. The lowest BCUT2D eigenvalue weighted by molar-refractivity contribution is 0.115. The number of aromatic nitrogens is 2. The molecule has 0 aromatic carbocycles. The maximum absolute atomic E-state index is 5.35. The van der Waals surface area contributed by atoms with E-state index in [9.17, 15) is 0 Å². The monoisotopic (exact) mass is 277 g/mol. The van der Waals surface area contributed by atoms with E-state index in [1.165, 1.54) is 5.56 Å². The first-order chi connectivity index (χ1) is 9.35. The van der Waals surface area contributed by atoms with Crippen molar-refractivity contribution in [3.63, 3.8) is 0 Å². The second-order valence-electron chi connectivity index (χ2n) is 5.12. The van der Waals surface area contributed by atoms with Crippen LogP contribution in [0.15, 0.2) is 29.2 Å². The molecule has 0 amide bonds. The van der Waals surface area contributed by atoms with E-state index in [2.05, 4.69) is 37.5 Å². The zero-order valence-corrected chi connectivity index (χ0v) is 12.0. The minimum atomic E-state index is 0.527. The van der Waals surface area contributed by atoms with Crippen LogP contribution in [0.25, 0.3) is 0 Å². The van der Waals surface area contributed by atoms with Crippen LogP contribution in [0, 0.1) is 5.92 Å². The van der Waals surface area contributed by atoms with Gasteiger partial charge in [0.05, 0.1) is 13.2 Å². The highest BCUT2D eigenvalue weighted by molar-refractivity contribution is 7.07. The van der Waals surface area contributed by atoms with Crippen LogP contribution in [0.2, 0.25) is 0 Å². The summed E-state index contributed by atoms with van der Waals surface area (Å²) in [5.41, 5.74) is 1.39. The summed E-state index contributed by atoms with van der Waals surface area (Å²) >= 11 is 1.76. The van der Waals surface area contributed by atoms with Crippen LogP contribution >= 0.6 is 11.3 Å². The summed E-state index contributed by atoms with van der Waals surface area (Å²) < 4.78 is 7.61. The highest BCUT2D eigenvalue weighted by atomic mass is 32.1. The molecule has 1 aliphatic rings. The molecule has 2 aromatic heterocycles. The molecule has 3 heterocycles. The number of thiophene rings is 1. The third-order valence-electron chi connectivity index (χ3n) is 3.53. The first-order valence-corrected chi connectivity index (χ1v) is 7.52. The van der Waals surface area contributed by atoms with Gasteiger partial charge in [-0.15, -0.1) is 0 Å². The van der Waals surface area contributed by atoms with E-state index in [-0.39, 0.29) is 0 Å². The Balaban J connectivity index is 1.76. The minimum Gasteiger partial charge on any atom is -0.384 e. The van der Waals surface area contributed by atoms with Crippen molar-refractivity contribution in [1.29, 1.82) is 0 Å². The highest BCUT2D eigenvalue weighted by Crippen LogP contribution is 2.18. The first-order valence-electron chi connectivity index (χ1n) is 6.57. The van der Waals surface area contributed by atoms with E-state index in [0.29, 0.717) is 5.92 Å². The summed E-state index contributed by atoms with van der Waals surface area (Å²) in [6.45, 7) is 4.79. The van der Waals surface area contributed by atoms with Gasteiger partial charge < -0.3 is 9.30 Å². The van der Waals surface area contributed by atoms with E-state index in [1.54, 1.807) is 18.4 Å². The molecular weight excluding hydrogens is 258 g/mol. The van der Waals surface area contributed by atoms with Crippen molar-refractivity contribution in [1.82, 2.24) is 14.5 Å². The van der Waals surface area contributed by atoms with Crippen molar-refractivity contribution < 1.29 is 4.74 Å². The normalized spacial score (nSPS) is 20.2. The minimum absolute atomic E-state index is 0.527. The molecule has 0 fully saturated rings. The van der Waals surface area contributed by atoms with Crippen LogP contribution in [0.1, 0.15) is 11.4 Å². The van der Waals surface area contributed by atoms with Crippen molar-refractivity contribution in [2.24, 2.45) is 5.92 Å². The van der Waals surface area contributed by atoms with Gasteiger partial charge in [-0.05, 0) is 22.4 Å². The number of hydrogen-bond acceptors (Lipinski definition) is 4. The molecule has 0 radical (unpaired) electrons.